The van der Waals surface area contributed by atoms with Crippen LogP contribution in [0.15, 0.2) is 59.9 Å². The van der Waals surface area contributed by atoms with E-state index in [2.05, 4.69) is 58.3 Å². The van der Waals surface area contributed by atoms with Gasteiger partial charge in [0.1, 0.15) is 5.65 Å². The van der Waals surface area contributed by atoms with E-state index in [-0.39, 0.29) is 6.10 Å². The summed E-state index contributed by atoms with van der Waals surface area (Å²) in [5.41, 5.74) is 4.49. The third-order valence-corrected chi connectivity index (χ3v) is 4.88. The summed E-state index contributed by atoms with van der Waals surface area (Å²) in [6.45, 7) is 6.48. The predicted octanol–water partition coefficient (Wildman–Crippen LogP) is 3.52. The molecule has 1 atom stereocenters. The van der Waals surface area contributed by atoms with Crippen molar-refractivity contribution in [1.82, 2.24) is 20.0 Å². The van der Waals surface area contributed by atoms with Crippen LogP contribution in [-0.2, 0) is 11.2 Å². The average Bonchev–Trinajstić information content (AvgIpc) is 3.17. The Hall–Kier alpha value is -2.86. The molecule has 0 fully saturated rings. The van der Waals surface area contributed by atoms with Crippen molar-refractivity contribution in [3.05, 3.63) is 71.7 Å². The molecule has 0 saturated heterocycles. The van der Waals surface area contributed by atoms with Crippen LogP contribution in [0.5, 0.6) is 0 Å². The van der Waals surface area contributed by atoms with Crippen molar-refractivity contribution < 1.29 is 4.74 Å². The van der Waals surface area contributed by atoms with Gasteiger partial charge in [-0.25, -0.2) is 4.98 Å². The van der Waals surface area contributed by atoms with E-state index < -0.39 is 0 Å². The largest absolute Gasteiger partial charge is 0.374 e. The van der Waals surface area contributed by atoms with Gasteiger partial charge in [0.05, 0.1) is 11.8 Å². The van der Waals surface area contributed by atoms with Gasteiger partial charge in [0.2, 0.25) is 0 Å². The second-order valence-electron chi connectivity index (χ2n) is 7.11. The third-order valence-electron chi connectivity index (χ3n) is 4.88. The van der Waals surface area contributed by atoms with Gasteiger partial charge in [0.25, 0.3) is 0 Å². The molecule has 29 heavy (non-hydrogen) atoms. The second kappa shape index (κ2) is 10.6. The monoisotopic (exact) mass is 393 g/mol. The van der Waals surface area contributed by atoms with Gasteiger partial charge in [0.15, 0.2) is 5.96 Å². The number of imidazole rings is 1. The number of guanidine groups is 1. The van der Waals surface area contributed by atoms with Crippen LogP contribution in [0.25, 0.3) is 5.65 Å². The molecular formula is C23H31N5O. The minimum Gasteiger partial charge on any atom is -0.374 e. The smallest absolute Gasteiger partial charge is 0.190 e. The Bertz CT molecular complexity index is 919. The number of pyridine rings is 1. The fraction of sp³-hybridized carbons (Fsp3) is 0.391. The molecule has 3 rings (SSSR count). The van der Waals surface area contributed by atoms with Crippen molar-refractivity contribution in [3.63, 3.8) is 0 Å². The Kier molecular flexibility index (Phi) is 7.64. The fourth-order valence-corrected chi connectivity index (χ4v) is 3.21. The number of hydrogen-bond donors (Lipinski definition) is 2. The van der Waals surface area contributed by atoms with Crippen LogP contribution in [0, 0.1) is 6.92 Å². The Balaban J connectivity index is 1.33. The first-order chi connectivity index (χ1) is 14.2. The van der Waals surface area contributed by atoms with Crippen LogP contribution < -0.4 is 10.6 Å². The van der Waals surface area contributed by atoms with Gasteiger partial charge in [-0.15, -0.1) is 0 Å². The zero-order chi connectivity index (χ0) is 20.5. The standard InChI is InChI=1S/C23H31N5O/c1-18-9-7-15-28-17-21(27-22(18)28)12-14-26-23(24-3)25-13-8-16-29-19(2)20-10-5-4-6-11-20/h4-7,9-11,15,17,19H,8,12-14,16H2,1-3H3,(H2,24,25,26). The highest BCUT2D eigenvalue weighted by Gasteiger charge is 2.06. The van der Waals surface area contributed by atoms with E-state index in [0.29, 0.717) is 6.61 Å². The van der Waals surface area contributed by atoms with E-state index in [1.165, 1.54) is 11.1 Å². The number of aliphatic imine (C=N–C) groups is 1. The molecule has 0 radical (unpaired) electrons. The summed E-state index contributed by atoms with van der Waals surface area (Å²) >= 11 is 0. The van der Waals surface area contributed by atoms with Crippen LogP contribution in [0.3, 0.4) is 0 Å². The van der Waals surface area contributed by atoms with E-state index in [1.807, 2.05) is 30.5 Å². The highest BCUT2D eigenvalue weighted by Crippen LogP contribution is 2.15. The first kappa shape index (κ1) is 20.9. The summed E-state index contributed by atoms with van der Waals surface area (Å²) in [5, 5.41) is 6.69. The average molecular weight is 394 g/mol. The summed E-state index contributed by atoms with van der Waals surface area (Å²) in [6.07, 6.45) is 6.00. The predicted molar refractivity (Wildman–Crippen MR) is 118 cm³/mol. The first-order valence-corrected chi connectivity index (χ1v) is 10.2. The molecule has 0 saturated carbocycles. The molecule has 2 heterocycles. The number of aryl methyl sites for hydroxylation is 1. The van der Waals surface area contributed by atoms with E-state index in [0.717, 1.165) is 43.2 Å². The minimum absolute atomic E-state index is 0.114. The summed E-state index contributed by atoms with van der Waals surface area (Å²) in [4.78, 5) is 8.99. The molecule has 2 aromatic heterocycles. The van der Waals surface area contributed by atoms with Gasteiger partial charge in [-0.3, -0.25) is 4.99 Å². The number of nitrogens with zero attached hydrogens (tertiary/aromatic N) is 3. The van der Waals surface area contributed by atoms with Crippen LogP contribution in [0.2, 0.25) is 0 Å². The number of hydrogen-bond acceptors (Lipinski definition) is 3. The molecule has 6 heteroatoms. The van der Waals surface area contributed by atoms with Crippen molar-refractivity contribution in [1.29, 1.82) is 0 Å². The van der Waals surface area contributed by atoms with E-state index in [4.69, 9.17) is 9.72 Å². The van der Waals surface area contributed by atoms with Crippen molar-refractivity contribution in [2.45, 2.75) is 32.8 Å². The first-order valence-electron chi connectivity index (χ1n) is 10.2. The number of nitrogens with one attached hydrogen (secondary N) is 2. The maximum absolute atomic E-state index is 5.91. The third kappa shape index (κ3) is 6.06. The van der Waals surface area contributed by atoms with Gasteiger partial charge in [-0.05, 0) is 37.5 Å². The Morgan fingerprint density at radius 1 is 1.14 bits per heavy atom. The number of rotatable bonds is 9. The molecule has 0 aliphatic rings. The van der Waals surface area contributed by atoms with Crippen LogP contribution in [0.1, 0.15) is 36.3 Å². The molecule has 6 nitrogen and oxygen atoms in total. The zero-order valence-electron chi connectivity index (χ0n) is 17.6. The minimum atomic E-state index is 0.114. The lowest BCUT2D eigenvalue weighted by atomic mass is 10.1. The van der Waals surface area contributed by atoms with Crippen molar-refractivity contribution >= 4 is 11.6 Å². The molecule has 2 N–H and O–H groups in total. The van der Waals surface area contributed by atoms with Crippen LogP contribution >= 0.6 is 0 Å². The van der Waals surface area contributed by atoms with E-state index in [9.17, 15) is 0 Å². The highest BCUT2D eigenvalue weighted by atomic mass is 16.5. The van der Waals surface area contributed by atoms with Gasteiger partial charge in [0, 0.05) is 45.6 Å². The van der Waals surface area contributed by atoms with Gasteiger partial charge < -0.3 is 19.8 Å². The Labute approximate surface area is 173 Å². The highest BCUT2D eigenvalue weighted by molar-refractivity contribution is 5.79. The molecule has 0 spiro atoms. The van der Waals surface area contributed by atoms with Crippen molar-refractivity contribution in [2.24, 2.45) is 4.99 Å². The Morgan fingerprint density at radius 2 is 1.93 bits per heavy atom. The lowest BCUT2D eigenvalue weighted by Crippen LogP contribution is -2.39. The SMILES string of the molecule is CN=C(NCCCOC(C)c1ccccc1)NCCc1cn2cccc(C)c2n1. The molecule has 0 bridgehead atoms. The van der Waals surface area contributed by atoms with Crippen LogP contribution in [0.4, 0.5) is 0 Å². The van der Waals surface area contributed by atoms with Crippen molar-refractivity contribution in [3.8, 4) is 0 Å². The lowest BCUT2D eigenvalue weighted by molar-refractivity contribution is 0.0646. The molecule has 154 valence electrons. The molecular weight excluding hydrogens is 362 g/mol. The second-order valence-corrected chi connectivity index (χ2v) is 7.11. The summed E-state index contributed by atoms with van der Waals surface area (Å²) in [5.74, 6) is 0.807. The normalized spacial score (nSPS) is 12.9. The van der Waals surface area contributed by atoms with E-state index in [1.54, 1.807) is 7.05 Å². The number of benzene rings is 1. The Morgan fingerprint density at radius 3 is 2.69 bits per heavy atom. The van der Waals surface area contributed by atoms with Gasteiger partial charge in [-0.2, -0.15) is 0 Å². The molecule has 0 aliphatic heterocycles. The molecule has 3 aromatic rings. The van der Waals surface area contributed by atoms with Crippen LogP contribution in [-0.4, -0.2) is 42.1 Å². The molecule has 0 aliphatic carbocycles. The molecule has 1 unspecified atom stereocenters. The maximum atomic E-state index is 5.91. The quantitative estimate of drug-likeness (QED) is 0.332. The van der Waals surface area contributed by atoms with Crippen molar-refractivity contribution in [2.75, 3.05) is 26.7 Å². The van der Waals surface area contributed by atoms with Gasteiger partial charge >= 0.3 is 0 Å². The zero-order valence-corrected chi connectivity index (χ0v) is 17.6. The summed E-state index contributed by atoms with van der Waals surface area (Å²) < 4.78 is 7.99. The summed E-state index contributed by atoms with van der Waals surface area (Å²) in [7, 11) is 1.79. The van der Waals surface area contributed by atoms with E-state index >= 15 is 0 Å². The topological polar surface area (TPSA) is 63.0 Å². The summed E-state index contributed by atoms with van der Waals surface area (Å²) in [6, 6.07) is 14.4. The molecule has 0 amide bonds. The lowest BCUT2D eigenvalue weighted by Gasteiger charge is -2.14. The fourth-order valence-electron chi connectivity index (χ4n) is 3.21. The molecule has 1 aromatic carbocycles. The number of fused-ring (bicyclic) bond motifs is 1. The maximum Gasteiger partial charge on any atom is 0.190 e. The number of aromatic nitrogens is 2. The number of ether oxygens (including phenoxy) is 1. The van der Waals surface area contributed by atoms with Gasteiger partial charge in [-0.1, -0.05) is 36.4 Å².